The monoisotopic (exact) mass is 366 g/mol. The molecule has 1 N–H and O–H groups in total. The number of aromatic nitrogens is 3. The first kappa shape index (κ1) is 17.5. The standard InChI is InChI=1S/C23H18N4O/c1-3-18-11-19-14-25-23(26-20-8-4-6-16(2)10-20)27-21(19)12-22(18)28-15-17-7-5-9-24-13-17/h1,4-14H,15H2,2H3,(H,25,26,27). The predicted molar refractivity (Wildman–Crippen MR) is 111 cm³/mol. The predicted octanol–water partition coefficient (Wildman–Crippen LogP) is 4.64. The van der Waals surface area contributed by atoms with Gasteiger partial charge in [0.25, 0.3) is 0 Å². The first-order valence-corrected chi connectivity index (χ1v) is 8.84. The highest BCUT2D eigenvalue weighted by Gasteiger charge is 2.08. The van der Waals surface area contributed by atoms with Crippen LogP contribution in [0.3, 0.4) is 0 Å². The van der Waals surface area contributed by atoms with E-state index in [4.69, 9.17) is 11.2 Å². The molecule has 2 heterocycles. The van der Waals surface area contributed by atoms with Crippen molar-refractivity contribution in [1.29, 1.82) is 0 Å². The molecule has 0 aliphatic carbocycles. The van der Waals surface area contributed by atoms with Gasteiger partial charge in [-0.3, -0.25) is 4.98 Å². The summed E-state index contributed by atoms with van der Waals surface area (Å²) in [5, 5.41) is 4.09. The molecular formula is C23H18N4O. The molecule has 4 rings (SSSR count). The first-order valence-electron chi connectivity index (χ1n) is 8.84. The van der Waals surface area contributed by atoms with Crippen LogP contribution in [0, 0.1) is 19.3 Å². The summed E-state index contributed by atoms with van der Waals surface area (Å²) < 4.78 is 5.93. The largest absolute Gasteiger partial charge is 0.487 e. The molecule has 0 amide bonds. The molecule has 0 saturated carbocycles. The van der Waals surface area contributed by atoms with Crippen LogP contribution in [0.2, 0.25) is 0 Å². The number of rotatable bonds is 5. The van der Waals surface area contributed by atoms with Crippen molar-refractivity contribution < 1.29 is 4.74 Å². The Bertz CT molecular complexity index is 1170. The van der Waals surface area contributed by atoms with Gasteiger partial charge in [0.15, 0.2) is 0 Å². The van der Waals surface area contributed by atoms with Gasteiger partial charge in [0.05, 0.1) is 11.1 Å². The van der Waals surface area contributed by atoms with E-state index in [9.17, 15) is 0 Å². The Morgan fingerprint density at radius 2 is 2.04 bits per heavy atom. The fourth-order valence-corrected chi connectivity index (χ4v) is 2.85. The highest BCUT2D eigenvalue weighted by molar-refractivity contribution is 5.83. The maximum Gasteiger partial charge on any atom is 0.227 e. The van der Waals surface area contributed by atoms with Gasteiger partial charge in [0, 0.05) is 41.3 Å². The number of aryl methyl sites for hydroxylation is 1. The molecule has 0 radical (unpaired) electrons. The summed E-state index contributed by atoms with van der Waals surface area (Å²) in [5.41, 5.74) is 4.49. The Labute approximate surface area is 163 Å². The molecule has 2 aromatic carbocycles. The highest BCUT2D eigenvalue weighted by Crippen LogP contribution is 2.26. The molecule has 5 heteroatoms. The normalized spacial score (nSPS) is 10.4. The van der Waals surface area contributed by atoms with Gasteiger partial charge >= 0.3 is 0 Å². The second-order valence-electron chi connectivity index (χ2n) is 6.39. The lowest BCUT2D eigenvalue weighted by atomic mass is 10.1. The lowest BCUT2D eigenvalue weighted by Crippen LogP contribution is -2.00. The maximum absolute atomic E-state index is 5.93. The van der Waals surface area contributed by atoms with Gasteiger partial charge in [-0.15, -0.1) is 6.42 Å². The first-order chi connectivity index (χ1) is 13.7. The van der Waals surface area contributed by atoms with Crippen molar-refractivity contribution in [1.82, 2.24) is 15.0 Å². The van der Waals surface area contributed by atoms with Crippen molar-refractivity contribution in [2.75, 3.05) is 5.32 Å². The summed E-state index contributed by atoms with van der Waals surface area (Å²) in [6, 6.07) is 15.6. The number of nitrogens with zero attached hydrogens (tertiary/aromatic N) is 3. The second kappa shape index (κ2) is 7.77. The van der Waals surface area contributed by atoms with Crippen LogP contribution in [0.15, 0.2) is 67.1 Å². The third-order valence-electron chi connectivity index (χ3n) is 4.23. The number of terminal acetylenes is 1. The minimum absolute atomic E-state index is 0.382. The molecular weight excluding hydrogens is 348 g/mol. The van der Waals surface area contributed by atoms with Gasteiger partial charge < -0.3 is 10.1 Å². The molecule has 0 fully saturated rings. The minimum Gasteiger partial charge on any atom is -0.487 e. The fraction of sp³-hybridized carbons (Fsp3) is 0.0870. The summed E-state index contributed by atoms with van der Waals surface area (Å²) in [7, 11) is 0. The van der Waals surface area contributed by atoms with Crippen LogP contribution in [-0.2, 0) is 6.61 Å². The number of hydrogen-bond donors (Lipinski definition) is 1. The molecule has 5 nitrogen and oxygen atoms in total. The third-order valence-corrected chi connectivity index (χ3v) is 4.23. The van der Waals surface area contributed by atoms with Crippen molar-refractivity contribution in [2.45, 2.75) is 13.5 Å². The topological polar surface area (TPSA) is 59.9 Å². The van der Waals surface area contributed by atoms with E-state index >= 15 is 0 Å². The summed E-state index contributed by atoms with van der Waals surface area (Å²) in [5.74, 6) is 3.80. The summed E-state index contributed by atoms with van der Waals surface area (Å²) in [6.45, 7) is 2.42. The molecule has 0 atom stereocenters. The lowest BCUT2D eigenvalue weighted by Gasteiger charge is -2.11. The smallest absolute Gasteiger partial charge is 0.227 e. The molecule has 0 aliphatic heterocycles. The number of fused-ring (bicyclic) bond motifs is 1. The van der Waals surface area contributed by atoms with Crippen LogP contribution in [0.4, 0.5) is 11.6 Å². The van der Waals surface area contributed by atoms with Crippen molar-refractivity contribution in [3.8, 4) is 18.1 Å². The molecule has 0 saturated heterocycles. The zero-order valence-electron chi connectivity index (χ0n) is 15.4. The van der Waals surface area contributed by atoms with E-state index in [1.165, 1.54) is 0 Å². The number of nitrogens with one attached hydrogen (secondary N) is 1. The third kappa shape index (κ3) is 3.92. The Hall–Kier alpha value is -3.91. The summed E-state index contributed by atoms with van der Waals surface area (Å²) in [6.07, 6.45) is 10.9. The van der Waals surface area contributed by atoms with E-state index in [1.54, 1.807) is 18.6 Å². The van der Waals surface area contributed by atoms with Gasteiger partial charge in [-0.05, 0) is 36.8 Å². The van der Waals surface area contributed by atoms with Crippen LogP contribution in [-0.4, -0.2) is 15.0 Å². The van der Waals surface area contributed by atoms with Crippen molar-refractivity contribution in [3.63, 3.8) is 0 Å². The van der Waals surface area contributed by atoms with Gasteiger partial charge in [0.1, 0.15) is 12.4 Å². The van der Waals surface area contributed by atoms with E-state index in [0.717, 1.165) is 27.7 Å². The lowest BCUT2D eigenvalue weighted by molar-refractivity contribution is 0.305. The van der Waals surface area contributed by atoms with E-state index < -0.39 is 0 Å². The van der Waals surface area contributed by atoms with E-state index in [-0.39, 0.29) is 0 Å². The number of anilines is 2. The van der Waals surface area contributed by atoms with Crippen LogP contribution in [0.25, 0.3) is 10.9 Å². The van der Waals surface area contributed by atoms with Gasteiger partial charge in [-0.2, -0.15) is 0 Å². The van der Waals surface area contributed by atoms with Crippen LogP contribution < -0.4 is 10.1 Å². The maximum atomic E-state index is 5.93. The molecule has 2 aromatic heterocycles. The highest BCUT2D eigenvalue weighted by atomic mass is 16.5. The number of pyridine rings is 1. The average Bonchev–Trinajstić information content (AvgIpc) is 2.72. The molecule has 136 valence electrons. The van der Waals surface area contributed by atoms with Crippen molar-refractivity contribution in [2.24, 2.45) is 0 Å². The van der Waals surface area contributed by atoms with Crippen LogP contribution >= 0.6 is 0 Å². The van der Waals surface area contributed by atoms with Crippen LogP contribution in [0.5, 0.6) is 5.75 Å². The summed E-state index contributed by atoms with van der Waals surface area (Å²) in [4.78, 5) is 13.1. The zero-order valence-corrected chi connectivity index (χ0v) is 15.4. The molecule has 0 unspecified atom stereocenters. The molecule has 4 aromatic rings. The van der Waals surface area contributed by atoms with Crippen LogP contribution in [0.1, 0.15) is 16.7 Å². The zero-order chi connectivity index (χ0) is 19.3. The van der Waals surface area contributed by atoms with Gasteiger partial charge in [-0.25, -0.2) is 9.97 Å². The Morgan fingerprint density at radius 3 is 2.82 bits per heavy atom. The molecule has 0 bridgehead atoms. The Kier molecular flexibility index (Phi) is 4.85. The van der Waals surface area contributed by atoms with Gasteiger partial charge in [0.2, 0.25) is 5.95 Å². The number of hydrogen-bond acceptors (Lipinski definition) is 5. The van der Waals surface area contributed by atoms with Crippen molar-refractivity contribution in [3.05, 3.63) is 83.8 Å². The quantitative estimate of drug-likeness (QED) is 0.522. The fourth-order valence-electron chi connectivity index (χ4n) is 2.85. The summed E-state index contributed by atoms with van der Waals surface area (Å²) >= 11 is 0. The van der Waals surface area contributed by atoms with Gasteiger partial charge in [-0.1, -0.05) is 24.1 Å². The van der Waals surface area contributed by atoms with E-state index in [2.05, 4.69) is 26.2 Å². The molecule has 0 spiro atoms. The SMILES string of the molecule is C#Cc1cc2cnc(Nc3cccc(C)c3)nc2cc1OCc1cccnc1. The van der Waals surface area contributed by atoms with E-state index in [0.29, 0.717) is 23.9 Å². The average molecular weight is 366 g/mol. The number of ether oxygens (including phenoxy) is 1. The Morgan fingerprint density at radius 1 is 1.11 bits per heavy atom. The van der Waals surface area contributed by atoms with E-state index in [1.807, 2.05) is 55.5 Å². The molecule has 28 heavy (non-hydrogen) atoms. The minimum atomic E-state index is 0.382. The molecule has 0 aliphatic rings. The second-order valence-corrected chi connectivity index (χ2v) is 6.39. The Balaban J connectivity index is 1.63. The van der Waals surface area contributed by atoms with Crippen molar-refractivity contribution >= 4 is 22.5 Å². The number of benzene rings is 2.